The predicted octanol–water partition coefficient (Wildman–Crippen LogP) is 2.60. The summed E-state index contributed by atoms with van der Waals surface area (Å²) < 4.78 is 6.52. The number of hydrogen-bond acceptors (Lipinski definition) is 3. The van der Waals surface area contributed by atoms with Crippen LogP contribution in [0.5, 0.6) is 0 Å². The van der Waals surface area contributed by atoms with Crippen molar-refractivity contribution in [3.05, 3.63) is 33.8 Å². The number of ether oxygens (including phenoxy) is 1. The maximum absolute atomic E-state index is 6.24. The minimum absolute atomic E-state index is 0.156. The largest absolute Gasteiger partial charge is 0.384 e. The second-order valence-electron chi connectivity index (χ2n) is 6.57. The third kappa shape index (κ3) is 3.04. The zero-order valence-corrected chi connectivity index (χ0v) is 14.4. The van der Waals surface area contributed by atoms with Crippen LogP contribution in [0, 0.1) is 5.92 Å². The van der Waals surface area contributed by atoms with Gasteiger partial charge in [0.25, 0.3) is 0 Å². The Morgan fingerprint density at radius 2 is 2.29 bits per heavy atom. The van der Waals surface area contributed by atoms with Gasteiger partial charge in [-0.15, -0.1) is 0 Å². The molecule has 1 aromatic carbocycles. The molecule has 3 rings (SSSR count). The van der Waals surface area contributed by atoms with Gasteiger partial charge in [0.1, 0.15) is 0 Å². The highest BCUT2D eigenvalue weighted by Gasteiger charge is 2.41. The van der Waals surface area contributed by atoms with Crippen molar-refractivity contribution in [3.63, 3.8) is 0 Å². The van der Waals surface area contributed by atoms with Crippen LogP contribution < -0.4 is 5.73 Å². The van der Waals surface area contributed by atoms with Gasteiger partial charge in [0.15, 0.2) is 0 Å². The zero-order valence-electron chi connectivity index (χ0n) is 12.8. The highest BCUT2D eigenvalue weighted by molar-refractivity contribution is 9.10. The summed E-state index contributed by atoms with van der Waals surface area (Å²) >= 11 is 3.58. The topological polar surface area (TPSA) is 38.5 Å². The standard InChI is InChI=1S/C17H25BrN2O/c1-21-11-13-5-7-20(10-13)17(12-19)6-4-14-8-16(18)3-2-15(14)9-17/h2-3,8,13H,4-7,9-12,19H2,1H3. The molecule has 1 heterocycles. The molecule has 2 unspecified atom stereocenters. The van der Waals surface area contributed by atoms with Crippen LogP contribution in [0.2, 0.25) is 0 Å². The summed E-state index contributed by atoms with van der Waals surface area (Å²) in [5.74, 6) is 0.671. The molecule has 0 spiro atoms. The molecule has 116 valence electrons. The molecule has 0 aromatic heterocycles. The summed E-state index contributed by atoms with van der Waals surface area (Å²) in [6.07, 6.45) is 4.64. The lowest BCUT2D eigenvalue weighted by molar-refractivity contribution is 0.0907. The third-order valence-corrected chi connectivity index (χ3v) is 5.78. The summed E-state index contributed by atoms with van der Waals surface area (Å²) in [5.41, 5.74) is 9.36. The second kappa shape index (κ2) is 6.37. The Kier molecular flexibility index (Phi) is 4.69. The molecule has 0 bridgehead atoms. The van der Waals surface area contributed by atoms with E-state index in [4.69, 9.17) is 10.5 Å². The van der Waals surface area contributed by atoms with Crippen molar-refractivity contribution in [3.8, 4) is 0 Å². The average molecular weight is 353 g/mol. The van der Waals surface area contributed by atoms with Crippen LogP contribution in [0.25, 0.3) is 0 Å². The van der Waals surface area contributed by atoms with Crippen LogP contribution in [0.4, 0.5) is 0 Å². The van der Waals surface area contributed by atoms with Gasteiger partial charge in [-0.2, -0.15) is 0 Å². The van der Waals surface area contributed by atoms with Crippen LogP contribution in [0.1, 0.15) is 24.0 Å². The molecular formula is C17H25BrN2O. The zero-order chi connectivity index (χ0) is 14.9. The number of nitrogens with two attached hydrogens (primary N) is 1. The summed E-state index contributed by atoms with van der Waals surface area (Å²) in [6.45, 7) is 3.93. The molecule has 3 nitrogen and oxygen atoms in total. The van der Waals surface area contributed by atoms with E-state index in [9.17, 15) is 0 Å². The summed E-state index contributed by atoms with van der Waals surface area (Å²) in [5, 5.41) is 0. The van der Waals surface area contributed by atoms with E-state index in [1.807, 2.05) is 0 Å². The average Bonchev–Trinajstić information content (AvgIpc) is 2.96. The normalized spacial score (nSPS) is 29.6. The first-order chi connectivity index (χ1) is 10.2. The smallest absolute Gasteiger partial charge is 0.0503 e. The Labute approximate surface area is 136 Å². The maximum Gasteiger partial charge on any atom is 0.0503 e. The number of halogens is 1. The van der Waals surface area contributed by atoms with E-state index in [2.05, 4.69) is 39.0 Å². The van der Waals surface area contributed by atoms with Gasteiger partial charge in [0.2, 0.25) is 0 Å². The number of likely N-dealkylation sites (tertiary alicyclic amines) is 1. The molecule has 2 atom stereocenters. The van der Waals surface area contributed by atoms with Gasteiger partial charge >= 0.3 is 0 Å². The van der Waals surface area contributed by atoms with Gasteiger partial charge in [-0.3, -0.25) is 4.90 Å². The van der Waals surface area contributed by atoms with Gasteiger partial charge in [0, 0.05) is 30.2 Å². The number of hydrogen-bond donors (Lipinski definition) is 1. The molecule has 0 saturated carbocycles. The first-order valence-electron chi connectivity index (χ1n) is 7.88. The Balaban J connectivity index is 1.78. The highest BCUT2D eigenvalue weighted by atomic mass is 79.9. The quantitative estimate of drug-likeness (QED) is 0.904. The van der Waals surface area contributed by atoms with Crippen LogP contribution >= 0.6 is 15.9 Å². The van der Waals surface area contributed by atoms with Crippen LogP contribution in [-0.4, -0.2) is 43.8 Å². The molecule has 2 aliphatic rings. The molecule has 0 radical (unpaired) electrons. The summed E-state index contributed by atoms with van der Waals surface area (Å²) in [6, 6.07) is 6.70. The van der Waals surface area contributed by atoms with Crippen molar-refractivity contribution in [2.75, 3.05) is 33.4 Å². The van der Waals surface area contributed by atoms with Gasteiger partial charge < -0.3 is 10.5 Å². The van der Waals surface area contributed by atoms with Crippen molar-refractivity contribution in [2.24, 2.45) is 11.7 Å². The minimum Gasteiger partial charge on any atom is -0.384 e. The molecule has 1 aliphatic heterocycles. The number of rotatable bonds is 4. The summed E-state index contributed by atoms with van der Waals surface area (Å²) in [4.78, 5) is 2.64. The number of aryl methyl sites for hydroxylation is 1. The van der Waals surface area contributed by atoms with Crippen molar-refractivity contribution >= 4 is 15.9 Å². The maximum atomic E-state index is 6.24. The number of benzene rings is 1. The lowest BCUT2D eigenvalue weighted by Crippen LogP contribution is -2.56. The molecule has 1 aliphatic carbocycles. The lowest BCUT2D eigenvalue weighted by Gasteiger charge is -2.45. The van der Waals surface area contributed by atoms with E-state index in [0.717, 1.165) is 39.1 Å². The Morgan fingerprint density at radius 3 is 3.05 bits per heavy atom. The summed E-state index contributed by atoms with van der Waals surface area (Å²) in [7, 11) is 1.80. The van der Waals surface area contributed by atoms with Crippen LogP contribution in [0.15, 0.2) is 22.7 Å². The highest BCUT2D eigenvalue weighted by Crippen LogP contribution is 2.36. The monoisotopic (exact) mass is 352 g/mol. The Hall–Kier alpha value is -0.420. The lowest BCUT2D eigenvalue weighted by atomic mass is 9.77. The number of methoxy groups -OCH3 is 1. The first kappa shape index (κ1) is 15.5. The first-order valence-corrected chi connectivity index (χ1v) is 8.67. The van der Waals surface area contributed by atoms with Crippen molar-refractivity contribution in [1.82, 2.24) is 4.90 Å². The fourth-order valence-electron chi connectivity index (χ4n) is 4.02. The number of nitrogens with zero attached hydrogens (tertiary/aromatic N) is 1. The third-order valence-electron chi connectivity index (χ3n) is 5.29. The van der Waals surface area contributed by atoms with E-state index < -0.39 is 0 Å². The molecule has 1 saturated heterocycles. The van der Waals surface area contributed by atoms with E-state index >= 15 is 0 Å². The Bertz CT molecular complexity index is 508. The molecule has 4 heteroatoms. The van der Waals surface area contributed by atoms with Gasteiger partial charge in [-0.1, -0.05) is 22.0 Å². The minimum atomic E-state index is 0.156. The van der Waals surface area contributed by atoms with E-state index in [1.165, 1.54) is 28.4 Å². The van der Waals surface area contributed by atoms with Gasteiger partial charge in [-0.25, -0.2) is 0 Å². The second-order valence-corrected chi connectivity index (χ2v) is 7.49. The van der Waals surface area contributed by atoms with Crippen molar-refractivity contribution in [1.29, 1.82) is 0 Å². The molecule has 0 amide bonds. The fourth-order valence-corrected chi connectivity index (χ4v) is 4.43. The van der Waals surface area contributed by atoms with Gasteiger partial charge in [0.05, 0.1) is 6.61 Å². The molecular weight excluding hydrogens is 328 g/mol. The van der Waals surface area contributed by atoms with Crippen molar-refractivity contribution in [2.45, 2.75) is 31.2 Å². The van der Waals surface area contributed by atoms with Crippen LogP contribution in [0.3, 0.4) is 0 Å². The Morgan fingerprint density at radius 1 is 1.43 bits per heavy atom. The van der Waals surface area contributed by atoms with Crippen LogP contribution in [-0.2, 0) is 17.6 Å². The molecule has 21 heavy (non-hydrogen) atoms. The van der Waals surface area contributed by atoms with E-state index in [0.29, 0.717) is 5.92 Å². The molecule has 2 N–H and O–H groups in total. The number of fused-ring (bicyclic) bond motifs is 1. The molecule has 1 aromatic rings. The predicted molar refractivity (Wildman–Crippen MR) is 89.5 cm³/mol. The van der Waals surface area contributed by atoms with E-state index in [1.54, 1.807) is 7.11 Å². The SMILES string of the molecule is COCC1CCN(C2(CN)CCc3cc(Br)ccc3C2)C1. The molecule has 1 fully saturated rings. The van der Waals surface area contributed by atoms with Gasteiger partial charge in [-0.05, 0) is 61.4 Å². The van der Waals surface area contributed by atoms with E-state index in [-0.39, 0.29) is 5.54 Å². The fraction of sp³-hybridized carbons (Fsp3) is 0.647. The van der Waals surface area contributed by atoms with Crippen molar-refractivity contribution < 1.29 is 4.74 Å².